The maximum Gasteiger partial charge on any atom is 0.325 e. The Hall–Kier alpha value is -3.41. The molecule has 1 saturated heterocycles. The van der Waals surface area contributed by atoms with Crippen molar-refractivity contribution in [1.29, 1.82) is 0 Å². The minimum absolute atomic E-state index is 0.0882. The third-order valence-corrected chi connectivity index (χ3v) is 5.59. The number of aryl methyl sites for hydroxylation is 1. The molecule has 5 rings (SSSR count). The summed E-state index contributed by atoms with van der Waals surface area (Å²) in [5.41, 5.74) is 2.52. The van der Waals surface area contributed by atoms with Gasteiger partial charge in [0.05, 0.1) is 6.54 Å². The molecule has 0 radical (unpaired) electrons. The first-order chi connectivity index (χ1) is 13.7. The zero-order chi connectivity index (χ0) is 19.1. The molecule has 1 N–H and O–H groups in total. The van der Waals surface area contributed by atoms with E-state index >= 15 is 0 Å². The van der Waals surface area contributed by atoms with E-state index in [-0.39, 0.29) is 18.5 Å². The second kappa shape index (κ2) is 6.34. The molecule has 3 amide bonds. The highest BCUT2D eigenvalue weighted by atomic mass is 16.5. The number of rotatable bonds is 3. The van der Waals surface area contributed by atoms with Gasteiger partial charge in [-0.2, -0.15) is 0 Å². The monoisotopic (exact) mass is 373 g/mol. The Morgan fingerprint density at radius 1 is 1.07 bits per heavy atom. The van der Waals surface area contributed by atoms with Gasteiger partial charge in [0.25, 0.3) is 5.91 Å². The molecule has 1 aromatic heterocycles. The molecule has 1 aliphatic heterocycles. The van der Waals surface area contributed by atoms with Gasteiger partial charge in [-0.1, -0.05) is 59.8 Å². The summed E-state index contributed by atoms with van der Waals surface area (Å²) in [7, 11) is 0. The number of carbonyl (C=O) groups excluding carboxylic acids is 2. The molecule has 2 heterocycles. The molecule has 1 unspecified atom stereocenters. The van der Waals surface area contributed by atoms with Crippen LogP contribution in [0.25, 0.3) is 11.3 Å². The lowest BCUT2D eigenvalue weighted by molar-refractivity contribution is -0.132. The lowest BCUT2D eigenvalue weighted by Crippen LogP contribution is -2.46. The van der Waals surface area contributed by atoms with Crippen molar-refractivity contribution in [3.8, 4) is 11.3 Å². The molecule has 1 atom stereocenters. The van der Waals surface area contributed by atoms with E-state index in [1.54, 1.807) is 6.07 Å². The normalized spacial score (nSPS) is 21.1. The van der Waals surface area contributed by atoms with Crippen molar-refractivity contribution >= 4 is 11.9 Å². The van der Waals surface area contributed by atoms with E-state index < -0.39 is 5.54 Å². The lowest BCUT2D eigenvalue weighted by atomic mass is 9.76. The second-order valence-corrected chi connectivity index (χ2v) is 7.29. The number of aromatic nitrogens is 1. The van der Waals surface area contributed by atoms with Gasteiger partial charge in [0, 0.05) is 11.6 Å². The number of hydrogen-bond donors (Lipinski definition) is 1. The van der Waals surface area contributed by atoms with Crippen molar-refractivity contribution in [1.82, 2.24) is 15.4 Å². The maximum atomic E-state index is 13.3. The van der Waals surface area contributed by atoms with Crippen LogP contribution in [-0.2, 0) is 23.3 Å². The quantitative estimate of drug-likeness (QED) is 0.712. The smallest absolute Gasteiger partial charge is 0.325 e. The van der Waals surface area contributed by atoms with Crippen LogP contribution >= 0.6 is 0 Å². The largest absolute Gasteiger partial charge is 0.356 e. The van der Waals surface area contributed by atoms with Crippen molar-refractivity contribution in [3.05, 3.63) is 77.5 Å². The van der Waals surface area contributed by atoms with Gasteiger partial charge in [-0.05, 0) is 30.4 Å². The van der Waals surface area contributed by atoms with Gasteiger partial charge in [-0.25, -0.2) is 4.79 Å². The number of benzene rings is 2. The Kier molecular flexibility index (Phi) is 3.79. The van der Waals surface area contributed by atoms with Crippen molar-refractivity contribution in [2.45, 2.75) is 31.3 Å². The van der Waals surface area contributed by atoms with E-state index in [9.17, 15) is 9.59 Å². The van der Waals surface area contributed by atoms with Crippen molar-refractivity contribution < 1.29 is 14.1 Å². The van der Waals surface area contributed by atoms with Crippen LogP contribution in [0, 0.1) is 0 Å². The summed E-state index contributed by atoms with van der Waals surface area (Å²) >= 11 is 0. The fourth-order valence-corrected chi connectivity index (χ4v) is 4.24. The van der Waals surface area contributed by atoms with Gasteiger partial charge in [0.2, 0.25) is 0 Å². The van der Waals surface area contributed by atoms with E-state index in [4.69, 9.17) is 4.52 Å². The van der Waals surface area contributed by atoms with E-state index in [0.29, 0.717) is 17.9 Å². The summed E-state index contributed by atoms with van der Waals surface area (Å²) in [5, 5.41) is 7.02. The minimum atomic E-state index is -0.960. The number of urea groups is 1. The highest BCUT2D eigenvalue weighted by Crippen LogP contribution is 2.40. The van der Waals surface area contributed by atoms with Crippen LogP contribution in [0.5, 0.6) is 0 Å². The van der Waals surface area contributed by atoms with Gasteiger partial charge in [-0.3, -0.25) is 9.69 Å². The highest BCUT2D eigenvalue weighted by molar-refractivity contribution is 6.07. The summed E-state index contributed by atoms with van der Waals surface area (Å²) in [4.78, 5) is 27.3. The van der Waals surface area contributed by atoms with Crippen LogP contribution in [0.3, 0.4) is 0 Å². The van der Waals surface area contributed by atoms with Crippen LogP contribution in [0.4, 0.5) is 4.79 Å². The summed E-state index contributed by atoms with van der Waals surface area (Å²) in [5.74, 6) is 0.397. The molecule has 2 aromatic carbocycles. The molecule has 1 fully saturated rings. The van der Waals surface area contributed by atoms with Gasteiger partial charge in [-0.15, -0.1) is 0 Å². The molecule has 3 aromatic rings. The first-order valence-electron chi connectivity index (χ1n) is 9.41. The number of carbonyl (C=O) groups is 2. The van der Waals surface area contributed by atoms with Gasteiger partial charge in [0.15, 0.2) is 5.76 Å². The number of fused-ring (bicyclic) bond motifs is 2. The molecular weight excluding hydrogens is 354 g/mol. The molecule has 6 nitrogen and oxygen atoms in total. The zero-order valence-corrected chi connectivity index (χ0v) is 15.2. The summed E-state index contributed by atoms with van der Waals surface area (Å²) in [6.45, 7) is 0.0882. The Morgan fingerprint density at radius 2 is 1.86 bits per heavy atom. The number of hydrogen-bond acceptors (Lipinski definition) is 4. The van der Waals surface area contributed by atoms with E-state index in [1.807, 2.05) is 54.6 Å². The summed E-state index contributed by atoms with van der Waals surface area (Å²) < 4.78 is 5.41. The second-order valence-electron chi connectivity index (χ2n) is 7.29. The van der Waals surface area contributed by atoms with E-state index in [0.717, 1.165) is 29.5 Å². The third kappa shape index (κ3) is 2.52. The van der Waals surface area contributed by atoms with Gasteiger partial charge >= 0.3 is 6.03 Å². The number of imide groups is 1. The Bertz CT molecular complexity index is 1060. The topological polar surface area (TPSA) is 75.4 Å². The van der Waals surface area contributed by atoms with Crippen LogP contribution in [0.1, 0.15) is 29.7 Å². The predicted molar refractivity (Wildman–Crippen MR) is 102 cm³/mol. The molecule has 1 spiro atoms. The fourth-order valence-electron chi connectivity index (χ4n) is 4.24. The lowest BCUT2D eigenvalue weighted by Gasteiger charge is -2.33. The SMILES string of the molecule is O=C1NC2(CCCc3ccccc32)C(=O)N1Cc1cc(-c2ccccc2)on1. The third-order valence-electron chi connectivity index (χ3n) is 5.59. The average molecular weight is 373 g/mol. The average Bonchev–Trinajstić information content (AvgIpc) is 3.29. The number of amides is 3. The van der Waals surface area contributed by atoms with Gasteiger partial charge < -0.3 is 9.84 Å². The molecule has 0 bridgehead atoms. The predicted octanol–water partition coefficient (Wildman–Crippen LogP) is 3.63. The molecular formula is C22H19N3O3. The summed E-state index contributed by atoms with van der Waals surface area (Å²) in [6, 6.07) is 18.9. The Balaban J connectivity index is 1.43. The molecule has 1 aliphatic carbocycles. The van der Waals surface area contributed by atoms with Crippen molar-refractivity contribution in [2.24, 2.45) is 0 Å². The molecule has 6 heteroatoms. The maximum absolute atomic E-state index is 13.3. The van der Waals surface area contributed by atoms with Gasteiger partial charge in [0.1, 0.15) is 11.2 Å². The van der Waals surface area contributed by atoms with Crippen molar-refractivity contribution in [2.75, 3.05) is 0 Å². The minimum Gasteiger partial charge on any atom is -0.356 e. The first-order valence-corrected chi connectivity index (χ1v) is 9.41. The van der Waals surface area contributed by atoms with Crippen LogP contribution < -0.4 is 5.32 Å². The number of nitrogens with one attached hydrogen (secondary N) is 1. The Morgan fingerprint density at radius 3 is 2.71 bits per heavy atom. The standard InChI is InChI=1S/C22H19N3O3/c26-20-22(12-6-10-15-7-4-5-11-18(15)22)23-21(27)25(20)14-17-13-19(28-24-17)16-8-2-1-3-9-16/h1-5,7-9,11,13H,6,10,12,14H2,(H,23,27). The molecule has 140 valence electrons. The highest BCUT2D eigenvalue weighted by Gasteiger charge is 2.53. The first kappa shape index (κ1) is 16.7. The van der Waals surface area contributed by atoms with E-state index in [1.165, 1.54) is 4.90 Å². The van der Waals surface area contributed by atoms with Crippen LogP contribution in [0.15, 0.2) is 65.2 Å². The zero-order valence-electron chi connectivity index (χ0n) is 15.2. The van der Waals surface area contributed by atoms with E-state index in [2.05, 4.69) is 10.5 Å². The van der Waals surface area contributed by atoms with Crippen LogP contribution in [-0.4, -0.2) is 22.0 Å². The molecule has 28 heavy (non-hydrogen) atoms. The van der Waals surface area contributed by atoms with Crippen LogP contribution in [0.2, 0.25) is 0 Å². The molecule has 2 aliphatic rings. The number of nitrogens with zero attached hydrogens (tertiary/aromatic N) is 2. The Labute approximate surface area is 162 Å². The molecule has 0 saturated carbocycles. The summed E-state index contributed by atoms with van der Waals surface area (Å²) in [6.07, 6.45) is 2.39. The fraction of sp³-hybridized carbons (Fsp3) is 0.227. The van der Waals surface area contributed by atoms with Crippen molar-refractivity contribution in [3.63, 3.8) is 0 Å².